The molecule has 6 N–H and O–H groups in total. The van der Waals surface area contributed by atoms with Crippen LogP contribution in [0.5, 0.6) is 5.75 Å². The highest BCUT2D eigenvalue weighted by Gasteiger charge is 2.42. The number of benzene rings is 2. The highest BCUT2D eigenvalue weighted by Crippen LogP contribution is 2.37. The molecule has 76 heavy (non-hydrogen) atoms. The molecule has 3 aliphatic rings. The van der Waals surface area contributed by atoms with Crippen molar-refractivity contribution in [1.29, 1.82) is 0 Å². The van der Waals surface area contributed by atoms with Crippen molar-refractivity contribution in [2.24, 2.45) is 16.1 Å². The first kappa shape index (κ1) is 61.2. The Morgan fingerprint density at radius 3 is 2.34 bits per heavy atom. The number of carboxylic acids is 1. The summed E-state index contributed by atoms with van der Waals surface area (Å²) in [5, 5.41) is 18.3. The first-order valence-electron chi connectivity index (χ1n) is 26.0. The van der Waals surface area contributed by atoms with Crippen molar-refractivity contribution in [3.05, 3.63) is 87.3 Å². The van der Waals surface area contributed by atoms with Crippen molar-refractivity contribution in [2.45, 2.75) is 103 Å². The van der Waals surface area contributed by atoms with Crippen LogP contribution in [0.3, 0.4) is 0 Å². The summed E-state index contributed by atoms with van der Waals surface area (Å²) < 4.78 is 36.8. The first-order chi connectivity index (χ1) is 36.4. The normalized spacial score (nSPS) is 18.6. The van der Waals surface area contributed by atoms with Crippen LogP contribution in [-0.4, -0.2) is 165 Å². The number of carbonyl (C=O) groups is 5. The van der Waals surface area contributed by atoms with E-state index >= 15 is 0 Å². The zero-order valence-electron chi connectivity index (χ0n) is 44.6. The third kappa shape index (κ3) is 20.4. The van der Waals surface area contributed by atoms with Gasteiger partial charge in [-0.15, -0.1) is 24.4 Å². The summed E-state index contributed by atoms with van der Waals surface area (Å²) in [5.74, 6) is 3.80. The molecule has 3 aliphatic heterocycles. The molecule has 2 aromatic rings. The minimum absolute atomic E-state index is 0.0893. The van der Waals surface area contributed by atoms with E-state index in [2.05, 4.69) is 69.4 Å². The second-order valence-corrected chi connectivity index (χ2v) is 21.5. The molecule has 4 amide bonds. The molecule has 2 aromatic carbocycles. The molecule has 18 nitrogen and oxygen atoms in total. The number of thiol groups is 1. The van der Waals surface area contributed by atoms with Gasteiger partial charge in [-0.05, 0) is 85.6 Å². The van der Waals surface area contributed by atoms with E-state index < -0.39 is 35.2 Å². The molecule has 2 saturated heterocycles. The number of hydrogen-bond donors (Lipinski definition) is 6. The predicted molar refractivity (Wildman–Crippen MR) is 295 cm³/mol. The molecule has 416 valence electrons. The van der Waals surface area contributed by atoms with Crippen LogP contribution in [-0.2, 0) is 44.7 Å². The topological polar surface area (TPSA) is 227 Å². The smallest absolute Gasteiger partial charge is 0.332 e. The Kier molecular flexibility index (Phi) is 25.4. The van der Waals surface area contributed by atoms with E-state index in [4.69, 9.17) is 29.8 Å². The van der Waals surface area contributed by atoms with E-state index in [1.54, 1.807) is 28.9 Å². The van der Waals surface area contributed by atoms with E-state index in [0.717, 1.165) is 5.56 Å². The highest BCUT2D eigenvalue weighted by molar-refractivity contribution is 8.12. The first-order valence-corrected chi connectivity index (χ1v) is 27.4. The zero-order valence-corrected chi connectivity index (χ0v) is 46.3. The Bertz CT molecular complexity index is 2420. The number of ether oxygens (including phenoxy) is 4. The fourth-order valence-corrected chi connectivity index (χ4v) is 9.73. The number of nitrogens with two attached hydrogens (primary N) is 1. The number of hydrogen-bond acceptors (Lipinski definition) is 15. The van der Waals surface area contributed by atoms with Gasteiger partial charge in [0.05, 0.1) is 68.7 Å². The van der Waals surface area contributed by atoms with Crippen LogP contribution in [0.4, 0.5) is 4.39 Å². The lowest BCUT2D eigenvalue weighted by molar-refractivity contribution is -0.144. The van der Waals surface area contributed by atoms with Gasteiger partial charge in [0.25, 0.3) is 0 Å². The molecule has 5 rings (SSSR count). The van der Waals surface area contributed by atoms with Gasteiger partial charge >= 0.3 is 5.97 Å². The number of aliphatic carboxylic acids is 1. The standard InChI is InChI=1S/C55H77FN8O10S2/c1-38(54(69)70)47(75)12-9-27-74-46-19-16-40(32-44(46)56)10-7-21-62-23-25-63(26-24-62)49(66)13-6-20-58-34-43(57)35-72-30-28-71-29-31-73-36-48(65)61-51(55(3,4)5)53(68)64-22-8-11-45(64)52(67)59-33-41-14-17-42(18-15-41)50-39(2)60-37-76-50/h14-19,32,34,37,39,45,50-51,58,75H,6,8-9,11-13,20-31,33,35-36,57H2,1-5H3,(H,59,67)(H,61,65)(H,69,70)/b43-34-,47-38+/t39?,45-,50?,51+/m0/s1. The third-order valence-corrected chi connectivity index (χ3v) is 14.7. The summed E-state index contributed by atoms with van der Waals surface area (Å²) >= 11 is 5.92. The number of allylic oxidation sites excluding steroid dienone is 1. The number of thioether (sulfide) groups is 1. The Balaban J connectivity index is 0.859. The number of halogens is 1. The van der Waals surface area contributed by atoms with Gasteiger partial charge in [0.1, 0.15) is 18.7 Å². The Morgan fingerprint density at radius 2 is 1.67 bits per heavy atom. The fourth-order valence-electron chi connectivity index (χ4n) is 8.47. The number of amides is 4. The second-order valence-electron chi connectivity index (χ2n) is 20.0. The SMILES string of the molecule is C/C(C(=O)O)=C(\S)CCCOc1ccc(C#CCN2CCN(C(=O)CCCN/C=C(\N)COCCOCCOCC(=O)N[C@H](C(=O)N3CCC[C@H]3C(=O)NCc3ccc(C4SC=NC4C)cc3)C(C)(C)C)CC2)cc1F. The summed E-state index contributed by atoms with van der Waals surface area (Å²) in [6.07, 6.45) is 4.85. The Labute approximate surface area is 456 Å². The van der Waals surface area contributed by atoms with Crippen molar-refractivity contribution in [1.82, 2.24) is 30.7 Å². The molecular weight excluding hydrogens is 1020 g/mol. The molecule has 0 bridgehead atoms. The van der Waals surface area contributed by atoms with Gasteiger partial charge in [-0.25, -0.2) is 9.18 Å². The molecule has 0 aromatic heterocycles. The summed E-state index contributed by atoms with van der Waals surface area (Å²) in [5.41, 5.74) is 10.7. The van der Waals surface area contributed by atoms with Gasteiger partial charge in [0, 0.05) is 69.6 Å². The lowest BCUT2D eigenvalue weighted by atomic mass is 9.85. The molecule has 0 aliphatic carbocycles. The monoisotopic (exact) mass is 1090 g/mol. The average Bonchev–Trinajstić information content (AvgIpc) is 4.08. The summed E-state index contributed by atoms with van der Waals surface area (Å²) in [6, 6.07) is 11.5. The van der Waals surface area contributed by atoms with Gasteiger partial charge in [0.2, 0.25) is 23.6 Å². The van der Waals surface area contributed by atoms with E-state index in [1.165, 1.54) is 24.6 Å². The molecule has 2 unspecified atom stereocenters. The third-order valence-electron chi connectivity index (χ3n) is 13.0. The number of aliphatic imine (C=N–C) groups is 1. The zero-order chi connectivity index (χ0) is 55.0. The Morgan fingerprint density at radius 1 is 0.961 bits per heavy atom. The quantitative estimate of drug-likeness (QED) is 0.0285. The van der Waals surface area contributed by atoms with Crippen LogP contribution in [0.25, 0.3) is 0 Å². The average molecular weight is 1090 g/mol. The van der Waals surface area contributed by atoms with Crippen molar-refractivity contribution in [3.63, 3.8) is 0 Å². The molecule has 4 atom stereocenters. The van der Waals surface area contributed by atoms with Crippen LogP contribution >= 0.6 is 24.4 Å². The van der Waals surface area contributed by atoms with Gasteiger partial charge < -0.3 is 55.5 Å². The molecule has 21 heteroatoms. The fraction of sp³-hybridized carbons (Fsp3) is 0.564. The van der Waals surface area contributed by atoms with E-state index in [9.17, 15) is 28.4 Å². The van der Waals surface area contributed by atoms with Gasteiger partial charge in [-0.1, -0.05) is 56.9 Å². The Hall–Kier alpha value is -5.63. The largest absolute Gasteiger partial charge is 0.491 e. The predicted octanol–water partition coefficient (Wildman–Crippen LogP) is 5.03. The van der Waals surface area contributed by atoms with Crippen LogP contribution in [0.1, 0.15) is 95.1 Å². The lowest BCUT2D eigenvalue weighted by Crippen LogP contribution is -2.58. The maximum atomic E-state index is 14.6. The van der Waals surface area contributed by atoms with Gasteiger partial charge in [-0.2, -0.15) is 0 Å². The van der Waals surface area contributed by atoms with Crippen molar-refractivity contribution < 1.29 is 52.4 Å². The highest BCUT2D eigenvalue weighted by atomic mass is 32.2. The number of nitrogens with zero attached hydrogens (tertiary/aromatic N) is 4. The molecule has 2 fully saturated rings. The molecule has 0 saturated carbocycles. The molecule has 0 spiro atoms. The summed E-state index contributed by atoms with van der Waals surface area (Å²) in [7, 11) is 0. The van der Waals surface area contributed by atoms with Crippen LogP contribution in [0.2, 0.25) is 0 Å². The van der Waals surface area contributed by atoms with Crippen LogP contribution in [0, 0.1) is 23.1 Å². The van der Waals surface area contributed by atoms with E-state index in [0.29, 0.717) is 119 Å². The molecular formula is C55H77FN8O10S2. The lowest BCUT2D eigenvalue weighted by Gasteiger charge is -2.35. The van der Waals surface area contributed by atoms with E-state index in [1.807, 2.05) is 43.4 Å². The minimum Gasteiger partial charge on any atom is -0.491 e. The number of piperazine rings is 1. The number of carbonyl (C=O) groups excluding carboxylic acids is 4. The van der Waals surface area contributed by atoms with Gasteiger partial charge in [0.15, 0.2) is 11.6 Å². The van der Waals surface area contributed by atoms with Crippen molar-refractivity contribution >= 4 is 59.5 Å². The number of carboxylic acid groups (broad SMARTS) is 1. The second kappa shape index (κ2) is 31.6. The minimum atomic E-state index is -1.02. The van der Waals surface area contributed by atoms with E-state index in [-0.39, 0.29) is 74.7 Å². The van der Waals surface area contributed by atoms with Crippen LogP contribution in [0.15, 0.2) is 69.8 Å². The summed E-state index contributed by atoms with van der Waals surface area (Å²) in [6.45, 7) is 14.8. The van der Waals surface area contributed by atoms with Crippen LogP contribution < -0.4 is 26.4 Å². The maximum absolute atomic E-state index is 14.6. The van der Waals surface area contributed by atoms with Gasteiger partial charge in [-0.3, -0.25) is 29.1 Å². The number of likely N-dealkylation sites (tertiary alicyclic amines) is 1. The van der Waals surface area contributed by atoms with Crippen molar-refractivity contribution in [2.75, 3.05) is 92.1 Å². The number of nitrogens with one attached hydrogen (secondary N) is 3. The molecule has 0 radical (unpaired) electrons. The molecule has 3 heterocycles. The summed E-state index contributed by atoms with van der Waals surface area (Å²) in [4.78, 5) is 74.6. The number of rotatable bonds is 28. The maximum Gasteiger partial charge on any atom is 0.332 e. The van der Waals surface area contributed by atoms with Crippen molar-refractivity contribution in [3.8, 4) is 17.6 Å².